The number of rotatable bonds is 6. The number of nitrogens with one attached hydrogen (secondary N) is 1. The van der Waals surface area contributed by atoms with Crippen molar-refractivity contribution in [2.75, 3.05) is 6.61 Å². The summed E-state index contributed by atoms with van der Waals surface area (Å²) in [5.41, 5.74) is 4.21. The predicted octanol–water partition coefficient (Wildman–Crippen LogP) is 3.95. The molecule has 4 heteroatoms. The number of ether oxygens (including phenoxy) is 1. The van der Waals surface area contributed by atoms with Gasteiger partial charge in [-0.2, -0.15) is 0 Å². The summed E-state index contributed by atoms with van der Waals surface area (Å²) < 4.78 is 7.40. The molecule has 1 fully saturated rings. The van der Waals surface area contributed by atoms with Gasteiger partial charge in [0.15, 0.2) is 0 Å². The lowest BCUT2D eigenvalue weighted by molar-refractivity contribution is -0.0768. The molecular weight excluding hydrogens is 328 g/mol. The van der Waals surface area contributed by atoms with E-state index in [0.29, 0.717) is 0 Å². The fraction of sp³-hybridized carbons (Fsp3) is 0.647. The summed E-state index contributed by atoms with van der Waals surface area (Å²) in [5.74, 6) is 5.92. The normalized spacial score (nSPS) is 20.0. The number of hydrazine groups is 1. The molecule has 3 N–H and O–H groups in total. The van der Waals surface area contributed by atoms with Gasteiger partial charge in [-0.1, -0.05) is 59.8 Å². The minimum absolute atomic E-state index is 0.130. The molecule has 1 aromatic rings. The van der Waals surface area contributed by atoms with Gasteiger partial charge in [0.25, 0.3) is 0 Å². The molecule has 1 unspecified atom stereocenters. The Balaban J connectivity index is 2.20. The van der Waals surface area contributed by atoms with Gasteiger partial charge in [-0.15, -0.1) is 0 Å². The van der Waals surface area contributed by atoms with Crippen LogP contribution in [0.2, 0.25) is 0 Å². The SMILES string of the molecule is CCOC1(C(Cc2ccccc2Br)NN)CCCCCC1. The molecule has 2 rings (SSSR count). The Kier molecular flexibility index (Phi) is 6.68. The number of nitrogens with two attached hydrogens (primary N) is 1. The van der Waals surface area contributed by atoms with Crippen LogP contribution >= 0.6 is 15.9 Å². The van der Waals surface area contributed by atoms with E-state index < -0.39 is 0 Å². The number of hydrogen-bond donors (Lipinski definition) is 2. The van der Waals surface area contributed by atoms with Crippen molar-refractivity contribution in [3.05, 3.63) is 34.3 Å². The molecule has 0 amide bonds. The summed E-state index contributed by atoms with van der Waals surface area (Å²) in [6.45, 7) is 2.83. The fourth-order valence-electron chi connectivity index (χ4n) is 3.49. The van der Waals surface area contributed by atoms with Gasteiger partial charge in [0.1, 0.15) is 0 Å². The Morgan fingerprint density at radius 2 is 1.90 bits per heavy atom. The van der Waals surface area contributed by atoms with E-state index in [0.717, 1.165) is 30.3 Å². The monoisotopic (exact) mass is 354 g/mol. The van der Waals surface area contributed by atoms with Crippen LogP contribution in [0.3, 0.4) is 0 Å². The van der Waals surface area contributed by atoms with Crippen LogP contribution in [0.5, 0.6) is 0 Å². The zero-order valence-electron chi connectivity index (χ0n) is 12.9. The van der Waals surface area contributed by atoms with E-state index in [1.54, 1.807) is 0 Å². The first-order chi connectivity index (χ1) is 10.2. The van der Waals surface area contributed by atoms with Crippen LogP contribution in [0, 0.1) is 0 Å². The van der Waals surface area contributed by atoms with Gasteiger partial charge in [0.2, 0.25) is 0 Å². The van der Waals surface area contributed by atoms with Crippen molar-refractivity contribution in [1.29, 1.82) is 0 Å². The van der Waals surface area contributed by atoms with Crippen LogP contribution in [0.4, 0.5) is 0 Å². The Labute approximate surface area is 136 Å². The molecule has 1 atom stereocenters. The van der Waals surface area contributed by atoms with Crippen LogP contribution in [-0.4, -0.2) is 18.2 Å². The zero-order chi connectivity index (χ0) is 15.1. The first-order valence-electron chi connectivity index (χ1n) is 8.05. The van der Waals surface area contributed by atoms with Gasteiger partial charge in [-0.3, -0.25) is 11.3 Å². The van der Waals surface area contributed by atoms with E-state index in [2.05, 4.69) is 46.5 Å². The van der Waals surface area contributed by atoms with Crippen molar-refractivity contribution in [1.82, 2.24) is 5.43 Å². The highest BCUT2D eigenvalue weighted by molar-refractivity contribution is 9.10. The van der Waals surface area contributed by atoms with E-state index in [1.807, 2.05) is 6.07 Å². The van der Waals surface area contributed by atoms with E-state index >= 15 is 0 Å². The van der Waals surface area contributed by atoms with Gasteiger partial charge in [0.05, 0.1) is 11.6 Å². The van der Waals surface area contributed by atoms with Crippen LogP contribution in [0.1, 0.15) is 51.0 Å². The van der Waals surface area contributed by atoms with Crippen LogP contribution in [0.15, 0.2) is 28.7 Å². The summed E-state index contributed by atoms with van der Waals surface area (Å²) in [7, 11) is 0. The van der Waals surface area contributed by atoms with Crippen molar-refractivity contribution in [3.8, 4) is 0 Å². The topological polar surface area (TPSA) is 47.3 Å². The number of benzene rings is 1. The molecule has 0 spiro atoms. The Bertz CT molecular complexity index is 431. The lowest BCUT2D eigenvalue weighted by atomic mass is 9.83. The minimum Gasteiger partial charge on any atom is -0.374 e. The second kappa shape index (κ2) is 8.28. The molecule has 0 heterocycles. The van der Waals surface area contributed by atoms with Crippen molar-refractivity contribution in [3.63, 3.8) is 0 Å². The van der Waals surface area contributed by atoms with Gasteiger partial charge in [0, 0.05) is 11.1 Å². The summed E-state index contributed by atoms with van der Waals surface area (Å²) in [5, 5.41) is 0. The molecule has 0 saturated heterocycles. The quantitative estimate of drug-likeness (QED) is 0.461. The zero-order valence-corrected chi connectivity index (χ0v) is 14.5. The molecule has 21 heavy (non-hydrogen) atoms. The molecular formula is C17H27BrN2O. The van der Waals surface area contributed by atoms with Crippen LogP contribution in [-0.2, 0) is 11.2 Å². The lowest BCUT2D eigenvalue weighted by Gasteiger charge is -2.40. The predicted molar refractivity (Wildman–Crippen MR) is 91.0 cm³/mol. The highest BCUT2D eigenvalue weighted by Crippen LogP contribution is 2.35. The Morgan fingerprint density at radius 1 is 1.24 bits per heavy atom. The van der Waals surface area contributed by atoms with E-state index in [9.17, 15) is 0 Å². The first-order valence-corrected chi connectivity index (χ1v) is 8.84. The maximum Gasteiger partial charge on any atom is 0.0851 e. The number of halogens is 1. The second-order valence-corrected chi connectivity index (χ2v) is 6.78. The van der Waals surface area contributed by atoms with Crippen LogP contribution in [0.25, 0.3) is 0 Å². The molecule has 0 bridgehead atoms. The van der Waals surface area contributed by atoms with Gasteiger partial charge in [-0.05, 0) is 37.8 Å². The lowest BCUT2D eigenvalue weighted by Crippen LogP contribution is -2.56. The van der Waals surface area contributed by atoms with Crippen molar-refractivity contribution in [2.45, 2.75) is 63.5 Å². The first kappa shape index (κ1) is 16.9. The minimum atomic E-state index is -0.130. The molecule has 0 radical (unpaired) electrons. The molecule has 1 aliphatic carbocycles. The third kappa shape index (κ3) is 4.28. The van der Waals surface area contributed by atoms with Crippen molar-refractivity contribution >= 4 is 15.9 Å². The maximum atomic E-state index is 6.26. The van der Waals surface area contributed by atoms with Gasteiger partial charge < -0.3 is 4.74 Å². The third-order valence-corrected chi connectivity index (χ3v) is 5.37. The third-order valence-electron chi connectivity index (χ3n) is 4.60. The average Bonchev–Trinajstić information content (AvgIpc) is 2.73. The smallest absolute Gasteiger partial charge is 0.0851 e. The molecule has 3 nitrogen and oxygen atoms in total. The molecule has 1 aliphatic rings. The standard InChI is InChI=1S/C17H27BrN2O/c1-2-21-17(11-7-3-4-8-12-17)16(20-19)13-14-9-5-6-10-15(14)18/h5-6,9-10,16,20H,2-4,7-8,11-13,19H2,1H3. The van der Waals surface area contributed by atoms with Gasteiger partial charge >= 0.3 is 0 Å². The van der Waals surface area contributed by atoms with Crippen LogP contribution < -0.4 is 11.3 Å². The summed E-state index contributed by atoms with van der Waals surface area (Å²) in [6, 6.07) is 8.51. The summed E-state index contributed by atoms with van der Waals surface area (Å²) >= 11 is 3.64. The fourth-order valence-corrected chi connectivity index (χ4v) is 3.94. The highest BCUT2D eigenvalue weighted by atomic mass is 79.9. The Morgan fingerprint density at radius 3 is 2.48 bits per heavy atom. The van der Waals surface area contributed by atoms with E-state index in [1.165, 1.54) is 31.2 Å². The summed E-state index contributed by atoms with van der Waals surface area (Å²) in [6.07, 6.45) is 8.16. The second-order valence-electron chi connectivity index (χ2n) is 5.93. The molecule has 118 valence electrons. The largest absolute Gasteiger partial charge is 0.374 e. The van der Waals surface area contributed by atoms with E-state index in [-0.39, 0.29) is 11.6 Å². The Hall–Kier alpha value is -0.420. The molecule has 0 aliphatic heterocycles. The van der Waals surface area contributed by atoms with Crippen molar-refractivity contribution in [2.24, 2.45) is 5.84 Å². The average molecular weight is 355 g/mol. The number of hydrogen-bond acceptors (Lipinski definition) is 3. The highest BCUT2D eigenvalue weighted by Gasteiger charge is 2.39. The van der Waals surface area contributed by atoms with Gasteiger partial charge in [-0.25, -0.2) is 0 Å². The summed E-state index contributed by atoms with van der Waals surface area (Å²) in [4.78, 5) is 0. The molecule has 1 aromatic carbocycles. The van der Waals surface area contributed by atoms with Crippen molar-refractivity contribution < 1.29 is 4.74 Å². The van der Waals surface area contributed by atoms with E-state index in [4.69, 9.17) is 10.6 Å². The molecule has 0 aromatic heterocycles. The maximum absolute atomic E-state index is 6.26. The molecule has 1 saturated carbocycles.